The average molecular weight is 542 g/mol. The van der Waals surface area contributed by atoms with Crippen LogP contribution >= 0.6 is 0 Å². The fourth-order valence-corrected chi connectivity index (χ4v) is 4.69. The Morgan fingerprint density at radius 2 is 1.00 bits per heavy atom. The predicted octanol–water partition coefficient (Wildman–Crippen LogP) is 8.25. The molecule has 0 heterocycles. The quantitative estimate of drug-likeness (QED) is 0.0676. The normalized spacial score (nSPS) is 11.1. The van der Waals surface area contributed by atoms with E-state index in [4.69, 9.17) is 14.2 Å². The van der Waals surface area contributed by atoms with Gasteiger partial charge in [0.2, 0.25) is 5.91 Å². The van der Waals surface area contributed by atoms with E-state index in [0.29, 0.717) is 39.5 Å². The first-order valence-electron chi connectivity index (χ1n) is 16.1. The van der Waals surface area contributed by atoms with E-state index in [2.05, 4.69) is 6.92 Å². The minimum atomic E-state index is -0.227. The summed E-state index contributed by atoms with van der Waals surface area (Å²) in [6, 6.07) is 0. The van der Waals surface area contributed by atoms with Crippen LogP contribution in [0.3, 0.4) is 0 Å². The molecule has 0 fully saturated rings. The van der Waals surface area contributed by atoms with Crippen molar-refractivity contribution in [3.05, 3.63) is 0 Å². The van der Waals surface area contributed by atoms with E-state index < -0.39 is 0 Å². The summed E-state index contributed by atoms with van der Waals surface area (Å²) in [7, 11) is 1.62. The lowest BCUT2D eigenvalue weighted by molar-refractivity contribution is -0.144. The Morgan fingerprint density at radius 1 is 0.553 bits per heavy atom. The highest BCUT2D eigenvalue weighted by Gasteiger charge is 2.12. The number of rotatable bonds is 30. The lowest BCUT2D eigenvalue weighted by Crippen LogP contribution is -2.34. The van der Waals surface area contributed by atoms with Crippen molar-refractivity contribution < 1.29 is 23.8 Å². The van der Waals surface area contributed by atoms with E-state index in [1.54, 1.807) is 12.0 Å². The zero-order valence-corrected chi connectivity index (χ0v) is 25.6. The first-order chi connectivity index (χ1) is 18.6. The van der Waals surface area contributed by atoms with Gasteiger partial charge >= 0.3 is 5.97 Å². The number of esters is 1. The Bertz CT molecular complexity index is 514. The van der Waals surface area contributed by atoms with Gasteiger partial charge in [0.25, 0.3) is 0 Å². The van der Waals surface area contributed by atoms with Crippen LogP contribution < -0.4 is 0 Å². The average Bonchev–Trinajstić information content (AvgIpc) is 2.90. The number of carbonyl (C=O) groups excluding carboxylic acids is 2. The summed E-state index contributed by atoms with van der Waals surface area (Å²) in [5, 5.41) is 0. The van der Waals surface area contributed by atoms with Gasteiger partial charge in [0.05, 0.1) is 32.8 Å². The smallest absolute Gasteiger partial charge is 0.307 e. The molecule has 0 aromatic rings. The molecule has 0 aliphatic carbocycles. The Kier molecular flexibility index (Phi) is 29.5. The van der Waals surface area contributed by atoms with Crippen LogP contribution in [0.1, 0.15) is 149 Å². The fourth-order valence-electron chi connectivity index (χ4n) is 4.69. The Balaban J connectivity index is 3.36. The molecule has 0 aromatic carbocycles. The number of unbranched alkanes of at least 4 members (excludes halogenated alkanes) is 19. The summed E-state index contributed by atoms with van der Waals surface area (Å²) in [6.07, 6.45) is 27.4. The molecule has 0 spiro atoms. The molecule has 0 unspecified atom stereocenters. The molecule has 0 bridgehead atoms. The van der Waals surface area contributed by atoms with Crippen LogP contribution in [0.2, 0.25) is 0 Å². The first kappa shape index (κ1) is 36.9. The molecule has 1 amide bonds. The SMILES string of the molecule is CCCCCCCCCCCCCCCCCCCCCCOC(=O)CCN(CCOCCOC)C(C)=O. The second kappa shape index (κ2) is 30.4. The Hall–Kier alpha value is -1.14. The van der Waals surface area contributed by atoms with Crippen molar-refractivity contribution in [2.24, 2.45) is 0 Å². The van der Waals surface area contributed by atoms with Crippen molar-refractivity contribution in [3.63, 3.8) is 0 Å². The molecule has 0 aliphatic heterocycles. The molecule has 0 aliphatic rings. The van der Waals surface area contributed by atoms with Crippen LogP contribution in [0, 0.1) is 0 Å². The summed E-state index contributed by atoms with van der Waals surface area (Å²) in [5.41, 5.74) is 0. The monoisotopic (exact) mass is 541 g/mol. The van der Waals surface area contributed by atoms with Crippen LogP contribution in [0.25, 0.3) is 0 Å². The van der Waals surface area contributed by atoms with Gasteiger partial charge in [-0.3, -0.25) is 9.59 Å². The summed E-state index contributed by atoms with van der Waals surface area (Å²) in [4.78, 5) is 25.3. The molecule has 0 radical (unpaired) electrons. The molecule has 38 heavy (non-hydrogen) atoms. The number of carbonyl (C=O) groups is 2. The topological polar surface area (TPSA) is 65.1 Å². The van der Waals surface area contributed by atoms with E-state index in [0.717, 1.165) is 12.8 Å². The van der Waals surface area contributed by atoms with Gasteiger partial charge in [-0.25, -0.2) is 0 Å². The molecular formula is C32H63NO5. The largest absolute Gasteiger partial charge is 0.466 e. The molecule has 6 heteroatoms. The van der Waals surface area contributed by atoms with Gasteiger partial charge in [-0.1, -0.05) is 129 Å². The van der Waals surface area contributed by atoms with E-state index in [-0.39, 0.29) is 18.3 Å². The minimum Gasteiger partial charge on any atom is -0.466 e. The van der Waals surface area contributed by atoms with Crippen LogP contribution in [-0.2, 0) is 23.8 Å². The third-order valence-electron chi connectivity index (χ3n) is 7.23. The van der Waals surface area contributed by atoms with Crippen LogP contribution in [-0.4, -0.2) is 63.4 Å². The molecule has 0 rings (SSSR count). The number of methoxy groups -OCH3 is 1. The lowest BCUT2D eigenvalue weighted by atomic mass is 10.0. The van der Waals surface area contributed by atoms with Crippen LogP contribution in [0.5, 0.6) is 0 Å². The van der Waals surface area contributed by atoms with E-state index in [9.17, 15) is 9.59 Å². The highest BCUT2D eigenvalue weighted by Crippen LogP contribution is 2.14. The van der Waals surface area contributed by atoms with E-state index in [1.165, 1.54) is 122 Å². The Labute approximate surface area is 235 Å². The van der Waals surface area contributed by atoms with Gasteiger partial charge in [-0.2, -0.15) is 0 Å². The van der Waals surface area contributed by atoms with Gasteiger partial charge in [0, 0.05) is 27.1 Å². The minimum absolute atomic E-state index is 0.0535. The van der Waals surface area contributed by atoms with Gasteiger partial charge in [-0.15, -0.1) is 0 Å². The number of hydrogen-bond donors (Lipinski definition) is 0. The van der Waals surface area contributed by atoms with Gasteiger partial charge in [0.15, 0.2) is 0 Å². The van der Waals surface area contributed by atoms with Crippen molar-refractivity contribution in [3.8, 4) is 0 Å². The summed E-state index contributed by atoms with van der Waals surface area (Å²) >= 11 is 0. The Morgan fingerprint density at radius 3 is 1.42 bits per heavy atom. The van der Waals surface area contributed by atoms with Crippen molar-refractivity contribution in [2.75, 3.05) is 46.6 Å². The number of hydrogen-bond acceptors (Lipinski definition) is 5. The second-order valence-electron chi connectivity index (χ2n) is 10.8. The van der Waals surface area contributed by atoms with Crippen LogP contribution in [0.4, 0.5) is 0 Å². The highest BCUT2D eigenvalue weighted by atomic mass is 16.5. The zero-order chi connectivity index (χ0) is 27.9. The lowest BCUT2D eigenvalue weighted by Gasteiger charge is -2.20. The zero-order valence-electron chi connectivity index (χ0n) is 25.6. The number of ether oxygens (including phenoxy) is 3. The van der Waals surface area contributed by atoms with Gasteiger partial charge in [0.1, 0.15) is 0 Å². The van der Waals surface area contributed by atoms with Crippen molar-refractivity contribution in [1.29, 1.82) is 0 Å². The molecular weight excluding hydrogens is 478 g/mol. The maximum absolute atomic E-state index is 12.0. The van der Waals surface area contributed by atoms with E-state index >= 15 is 0 Å². The molecule has 0 saturated carbocycles. The summed E-state index contributed by atoms with van der Waals surface area (Å²) in [5.74, 6) is -0.281. The summed E-state index contributed by atoms with van der Waals surface area (Å²) in [6.45, 7) is 6.62. The molecule has 226 valence electrons. The molecule has 0 saturated heterocycles. The first-order valence-corrected chi connectivity index (χ1v) is 16.1. The maximum atomic E-state index is 12.0. The summed E-state index contributed by atoms with van der Waals surface area (Å²) < 4.78 is 15.7. The highest BCUT2D eigenvalue weighted by molar-refractivity contribution is 5.75. The maximum Gasteiger partial charge on any atom is 0.307 e. The third kappa shape index (κ3) is 27.9. The van der Waals surface area contributed by atoms with Crippen molar-refractivity contribution in [2.45, 2.75) is 149 Å². The second-order valence-corrected chi connectivity index (χ2v) is 10.8. The molecule has 0 atom stereocenters. The van der Waals surface area contributed by atoms with Crippen LogP contribution in [0.15, 0.2) is 0 Å². The molecule has 0 N–H and O–H groups in total. The standard InChI is InChI=1S/C32H63NO5/c1-4-5-6-7-8-9-10-11-12-13-14-15-16-17-18-19-20-21-22-23-27-38-32(35)24-25-33(31(2)34)26-28-37-30-29-36-3/h4-30H2,1-3H3. The van der Waals surface area contributed by atoms with Crippen molar-refractivity contribution >= 4 is 11.9 Å². The van der Waals surface area contributed by atoms with E-state index in [1.807, 2.05) is 0 Å². The van der Waals surface area contributed by atoms with Gasteiger partial charge < -0.3 is 19.1 Å². The predicted molar refractivity (Wildman–Crippen MR) is 159 cm³/mol. The molecule has 6 nitrogen and oxygen atoms in total. The fraction of sp³-hybridized carbons (Fsp3) is 0.938. The molecule has 0 aromatic heterocycles. The van der Waals surface area contributed by atoms with Crippen molar-refractivity contribution in [1.82, 2.24) is 4.90 Å². The van der Waals surface area contributed by atoms with Gasteiger partial charge in [-0.05, 0) is 6.42 Å². The third-order valence-corrected chi connectivity index (χ3v) is 7.23. The number of nitrogens with zero attached hydrogens (tertiary/aromatic N) is 1. The number of amides is 1.